The molecule has 0 spiro atoms. The first-order chi connectivity index (χ1) is 3.39. The van der Waals surface area contributed by atoms with Gasteiger partial charge < -0.3 is 0 Å². The lowest BCUT2D eigenvalue weighted by atomic mass is 10.6. The second-order valence-electron chi connectivity index (χ2n) is 1.13. The van der Waals surface area contributed by atoms with Gasteiger partial charge in [0, 0.05) is 5.75 Å². The maximum atomic E-state index is 7.04. The molecule has 0 aromatic heterocycles. The van der Waals surface area contributed by atoms with Gasteiger partial charge in [0.1, 0.15) is 0 Å². The van der Waals surface area contributed by atoms with Crippen molar-refractivity contribution in [1.82, 2.24) is 0 Å². The second kappa shape index (κ2) is 2.43. The zero-order chi connectivity index (χ0) is 5.11. The van der Waals surface area contributed by atoms with Crippen LogP contribution in [-0.2, 0) is 0 Å². The van der Waals surface area contributed by atoms with E-state index in [9.17, 15) is 0 Å². The minimum absolute atomic E-state index is 0.663. The van der Waals surface area contributed by atoms with Crippen LogP contribution in [-0.4, -0.2) is 10.8 Å². The normalized spacial score (nSPS) is 20.3. The number of rotatable bonds is 0. The van der Waals surface area contributed by atoms with Crippen LogP contribution in [0.25, 0.3) is 0 Å². The summed E-state index contributed by atoms with van der Waals surface area (Å²) in [6.07, 6.45) is 3.84. The lowest BCUT2D eigenvalue weighted by Gasteiger charge is -1.99. The molecule has 1 N–H and O–H groups in total. The van der Waals surface area contributed by atoms with Crippen LogP contribution in [0, 0.1) is 5.41 Å². The molecule has 1 aliphatic rings. The van der Waals surface area contributed by atoms with Crippen LogP contribution in [0.2, 0.25) is 0 Å². The molecule has 0 aromatic carbocycles. The van der Waals surface area contributed by atoms with E-state index in [1.165, 1.54) is 10.8 Å². The van der Waals surface area contributed by atoms with E-state index in [2.05, 4.69) is 0 Å². The third-order valence-corrected chi connectivity index (χ3v) is 2.64. The summed E-state index contributed by atoms with van der Waals surface area (Å²) < 4.78 is 0. The van der Waals surface area contributed by atoms with E-state index in [1.54, 1.807) is 10.8 Å². The fraction of sp³-hybridized carbons (Fsp3) is 0.250. The third-order valence-electron chi connectivity index (χ3n) is 0.582. The molecule has 0 saturated heterocycles. The van der Waals surface area contributed by atoms with Crippen molar-refractivity contribution in [3.63, 3.8) is 0 Å². The molecule has 0 unspecified atom stereocenters. The lowest BCUT2D eigenvalue weighted by molar-refractivity contribution is 1.56. The summed E-state index contributed by atoms with van der Waals surface area (Å²) in [5, 5.41) is 7.71. The molecular formula is C4H5NS2. The van der Waals surface area contributed by atoms with Gasteiger partial charge in [-0.2, -0.15) is 0 Å². The van der Waals surface area contributed by atoms with Gasteiger partial charge in [-0.1, -0.05) is 16.9 Å². The fourth-order valence-electron chi connectivity index (χ4n) is 0.320. The second-order valence-corrected chi connectivity index (χ2v) is 3.52. The summed E-state index contributed by atoms with van der Waals surface area (Å²) in [4.78, 5) is 0. The summed E-state index contributed by atoms with van der Waals surface area (Å²) in [7, 11) is 3.24. The molecule has 0 atom stereocenters. The zero-order valence-electron chi connectivity index (χ0n) is 3.68. The number of nitrogens with one attached hydrogen (secondary N) is 1. The van der Waals surface area contributed by atoms with Gasteiger partial charge in [0.15, 0.2) is 0 Å². The molecule has 0 amide bonds. The molecule has 0 saturated carbocycles. The van der Waals surface area contributed by atoms with Gasteiger partial charge in [0.2, 0.25) is 0 Å². The average Bonchev–Trinajstić information content (AvgIpc) is 1.69. The molecule has 38 valence electrons. The van der Waals surface area contributed by atoms with Crippen LogP contribution in [0.4, 0.5) is 0 Å². The smallest absolute Gasteiger partial charge is 0.0972 e. The Morgan fingerprint density at radius 1 is 1.71 bits per heavy atom. The van der Waals surface area contributed by atoms with Crippen molar-refractivity contribution < 1.29 is 0 Å². The highest BCUT2D eigenvalue weighted by molar-refractivity contribution is 8.82. The molecule has 0 radical (unpaired) electrons. The lowest BCUT2D eigenvalue weighted by Crippen LogP contribution is -1.85. The Hall–Kier alpha value is 0.110. The Labute approximate surface area is 50.5 Å². The van der Waals surface area contributed by atoms with Gasteiger partial charge in [-0.25, -0.2) is 0 Å². The molecule has 1 heterocycles. The summed E-state index contributed by atoms with van der Waals surface area (Å²) in [6.45, 7) is 0. The summed E-state index contributed by atoms with van der Waals surface area (Å²) in [5.74, 6) is 1.05. The first-order valence-corrected chi connectivity index (χ1v) is 4.26. The van der Waals surface area contributed by atoms with Gasteiger partial charge in [0.05, 0.1) is 5.04 Å². The van der Waals surface area contributed by atoms with Gasteiger partial charge in [0.25, 0.3) is 0 Å². The van der Waals surface area contributed by atoms with Crippen molar-refractivity contribution in [3.05, 3.63) is 12.2 Å². The Morgan fingerprint density at radius 3 is 2.86 bits per heavy atom. The van der Waals surface area contributed by atoms with E-state index in [4.69, 9.17) is 5.41 Å². The quantitative estimate of drug-likeness (QED) is 0.508. The van der Waals surface area contributed by atoms with E-state index in [0.29, 0.717) is 5.04 Å². The van der Waals surface area contributed by atoms with Crippen molar-refractivity contribution in [2.45, 2.75) is 0 Å². The molecule has 0 aromatic rings. The van der Waals surface area contributed by atoms with Crippen LogP contribution in [0.3, 0.4) is 0 Å². The zero-order valence-corrected chi connectivity index (χ0v) is 5.31. The maximum absolute atomic E-state index is 7.04. The molecule has 1 nitrogen and oxygen atoms in total. The molecular weight excluding hydrogens is 126 g/mol. The first-order valence-electron chi connectivity index (χ1n) is 1.94. The molecule has 3 heteroatoms. The van der Waals surface area contributed by atoms with E-state index < -0.39 is 0 Å². The standard InChI is InChI=1S/C4H5NS2/c5-4-2-1-3-6-7-4/h1-2,5H,3H2. The molecule has 1 rings (SSSR count). The highest BCUT2D eigenvalue weighted by Gasteiger charge is 1.96. The van der Waals surface area contributed by atoms with E-state index in [1.807, 2.05) is 12.2 Å². The van der Waals surface area contributed by atoms with Crippen LogP contribution >= 0.6 is 21.6 Å². The van der Waals surface area contributed by atoms with Crippen LogP contribution in [0.15, 0.2) is 12.2 Å². The Kier molecular flexibility index (Phi) is 1.82. The van der Waals surface area contributed by atoms with Crippen molar-refractivity contribution in [3.8, 4) is 0 Å². The van der Waals surface area contributed by atoms with Crippen molar-refractivity contribution in [2.75, 3.05) is 5.75 Å². The molecule has 0 fully saturated rings. The van der Waals surface area contributed by atoms with Crippen molar-refractivity contribution in [2.24, 2.45) is 0 Å². The predicted octanol–water partition coefficient (Wildman–Crippen LogP) is 1.91. The van der Waals surface area contributed by atoms with E-state index in [-0.39, 0.29) is 0 Å². The fourth-order valence-corrected chi connectivity index (χ4v) is 1.83. The van der Waals surface area contributed by atoms with E-state index in [0.717, 1.165) is 5.75 Å². The predicted molar refractivity (Wildman–Crippen MR) is 36.9 cm³/mol. The average molecular weight is 131 g/mol. The third kappa shape index (κ3) is 1.57. The molecule has 1 aliphatic heterocycles. The van der Waals surface area contributed by atoms with Crippen LogP contribution in [0.1, 0.15) is 0 Å². The van der Waals surface area contributed by atoms with Gasteiger partial charge in [-0.05, 0) is 16.9 Å². The van der Waals surface area contributed by atoms with Crippen molar-refractivity contribution >= 4 is 26.6 Å². The van der Waals surface area contributed by atoms with Crippen LogP contribution in [0.5, 0.6) is 0 Å². The van der Waals surface area contributed by atoms with E-state index >= 15 is 0 Å². The number of hydrogen-bond acceptors (Lipinski definition) is 3. The summed E-state index contributed by atoms with van der Waals surface area (Å²) in [6, 6.07) is 0. The molecule has 0 aliphatic carbocycles. The Bertz CT molecular complexity index is 108. The SMILES string of the molecule is N=C1C=CCSS1. The molecule has 0 bridgehead atoms. The maximum Gasteiger partial charge on any atom is 0.0972 e. The Morgan fingerprint density at radius 2 is 2.57 bits per heavy atom. The molecule has 7 heavy (non-hydrogen) atoms. The van der Waals surface area contributed by atoms with Crippen LogP contribution < -0.4 is 0 Å². The summed E-state index contributed by atoms with van der Waals surface area (Å²) in [5.41, 5.74) is 0. The minimum Gasteiger partial charge on any atom is -0.293 e. The Balaban J connectivity index is 2.51. The summed E-state index contributed by atoms with van der Waals surface area (Å²) >= 11 is 0. The highest BCUT2D eigenvalue weighted by atomic mass is 33.1. The van der Waals surface area contributed by atoms with Gasteiger partial charge in [-0.3, -0.25) is 5.41 Å². The minimum atomic E-state index is 0.663. The first kappa shape index (κ1) is 5.25. The highest BCUT2D eigenvalue weighted by Crippen LogP contribution is 2.26. The van der Waals surface area contributed by atoms with Gasteiger partial charge >= 0.3 is 0 Å². The largest absolute Gasteiger partial charge is 0.293 e. The number of hydrogen-bond donors (Lipinski definition) is 1. The topological polar surface area (TPSA) is 23.9 Å². The van der Waals surface area contributed by atoms with Gasteiger partial charge in [-0.15, -0.1) is 0 Å². The monoisotopic (exact) mass is 131 g/mol. The van der Waals surface area contributed by atoms with Crippen molar-refractivity contribution in [1.29, 1.82) is 5.41 Å².